The molecule has 0 radical (unpaired) electrons. The highest BCUT2D eigenvalue weighted by molar-refractivity contribution is 5.84. The summed E-state index contributed by atoms with van der Waals surface area (Å²) in [6.45, 7) is 3.48. The molecule has 2 heterocycles. The number of aryl methyl sites for hydroxylation is 2. The summed E-state index contributed by atoms with van der Waals surface area (Å²) in [7, 11) is 1.64. The number of amides is 1. The molecule has 0 saturated heterocycles. The molecule has 9 heteroatoms. The van der Waals surface area contributed by atoms with Gasteiger partial charge in [0.05, 0.1) is 13.0 Å². The molecule has 0 bridgehead atoms. The van der Waals surface area contributed by atoms with Crippen LogP contribution in [0.4, 0.5) is 10.2 Å². The normalized spacial score (nSPS) is 13.6. The third kappa shape index (κ3) is 8.87. The predicted molar refractivity (Wildman–Crippen MR) is 137 cm³/mol. The van der Waals surface area contributed by atoms with Crippen LogP contribution in [0.2, 0.25) is 0 Å². The fourth-order valence-electron chi connectivity index (χ4n) is 4.33. The average molecular weight is 501 g/mol. The quantitative estimate of drug-likeness (QED) is 0.323. The molecular formula is C27H37FN4O4. The number of carboxylic acid groups (broad SMARTS) is 1. The van der Waals surface area contributed by atoms with Gasteiger partial charge in [0, 0.05) is 32.4 Å². The molecule has 0 spiro atoms. The lowest BCUT2D eigenvalue weighted by atomic mass is 10.1. The molecule has 8 nitrogen and oxygen atoms in total. The van der Waals surface area contributed by atoms with Gasteiger partial charge in [-0.25, -0.2) is 14.2 Å². The van der Waals surface area contributed by atoms with E-state index in [9.17, 15) is 19.1 Å². The van der Waals surface area contributed by atoms with E-state index in [1.165, 1.54) is 17.7 Å². The number of anilines is 1. The number of rotatable bonds is 15. The highest BCUT2D eigenvalue weighted by atomic mass is 19.1. The van der Waals surface area contributed by atoms with E-state index in [4.69, 9.17) is 9.72 Å². The van der Waals surface area contributed by atoms with Crippen LogP contribution in [-0.4, -0.2) is 72.8 Å². The molecule has 0 aliphatic carbocycles. The van der Waals surface area contributed by atoms with Crippen LogP contribution in [0.5, 0.6) is 0 Å². The SMILES string of the molecule is COCCN(CCCCc1ccc2c(n1)NCCC2)CCC(NC(=O)Cc1ccccc1F)C(=O)O. The summed E-state index contributed by atoms with van der Waals surface area (Å²) in [5.41, 5.74) is 2.60. The molecule has 1 aromatic heterocycles. The van der Waals surface area contributed by atoms with Gasteiger partial charge >= 0.3 is 5.97 Å². The Balaban J connectivity index is 1.45. The van der Waals surface area contributed by atoms with Gasteiger partial charge in [0.2, 0.25) is 5.91 Å². The number of carbonyl (C=O) groups is 2. The van der Waals surface area contributed by atoms with E-state index in [0.29, 0.717) is 19.7 Å². The molecule has 3 rings (SSSR count). The Labute approximate surface area is 212 Å². The number of fused-ring (bicyclic) bond motifs is 1. The number of unbranched alkanes of at least 4 members (excludes halogenated alkanes) is 1. The van der Waals surface area contributed by atoms with E-state index in [0.717, 1.165) is 56.7 Å². The van der Waals surface area contributed by atoms with E-state index < -0.39 is 23.7 Å². The molecule has 1 aromatic carbocycles. The molecule has 1 unspecified atom stereocenters. The van der Waals surface area contributed by atoms with Gasteiger partial charge in [-0.3, -0.25) is 4.79 Å². The Hall–Kier alpha value is -3.04. The van der Waals surface area contributed by atoms with Crippen LogP contribution in [-0.2, 0) is 33.6 Å². The van der Waals surface area contributed by atoms with E-state index in [-0.39, 0.29) is 18.4 Å². The number of hydrogen-bond acceptors (Lipinski definition) is 6. The van der Waals surface area contributed by atoms with Gasteiger partial charge in [-0.05, 0) is 68.3 Å². The van der Waals surface area contributed by atoms with Crippen molar-refractivity contribution in [3.63, 3.8) is 0 Å². The number of carboxylic acids is 1. The number of halogens is 1. The number of hydrogen-bond donors (Lipinski definition) is 3. The Morgan fingerprint density at radius 2 is 2.03 bits per heavy atom. The fraction of sp³-hybridized carbons (Fsp3) is 0.519. The molecule has 1 aliphatic heterocycles. The van der Waals surface area contributed by atoms with Crippen molar-refractivity contribution in [3.8, 4) is 0 Å². The number of nitrogens with zero attached hydrogens (tertiary/aromatic N) is 2. The summed E-state index contributed by atoms with van der Waals surface area (Å²) in [6, 6.07) is 9.23. The van der Waals surface area contributed by atoms with Gasteiger partial charge in [0.15, 0.2) is 0 Å². The average Bonchev–Trinajstić information content (AvgIpc) is 2.88. The summed E-state index contributed by atoms with van der Waals surface area (Å²) >= 11 is 0. The molecule has 1 atom stereocenters. The third-order valence-corrected chi connectivity index (χ3v) is 6.40. The van der Waals surface area contributed by atoms with Gasteiger partial charge in [0.1, 0.15) is 17.7 Å². The maximum Gasteiger partial charge on any atom is 0.326 e. The van der Waals surface area contributed by atoms with Crippen molar-refractivity contribution in [1.29, 1.82) is 0 Å². The molecule has 0 saturated carbocycles. The largest absolute Gasteiger partial charge is 0.480 e. The number of nitrogens with one attached hydrogen (secondary N) is 2. The first-order valence-electron chi connectivity index (χ1n) is 12.7. The summed E-state index contributed by atoms with van der Waals surface area (Å²) in [5.74, 6) is -1.08. The van der Waals surface area contributed by atoms with E-state index in [2.05, 4.69) is 27.7 Å². The molecule has 2 aromatic rings. The molecule has 3 N–H and O–H groups in total. The van der Waals surface area contributed by atoms with E-state index in [1.807, 2.05) is 0 Å². The third-order valence-electron chi connectivity index (χ3n) is 6.40. The van der Waals surface area contributed by atoms with Gasteiger partial charge in [-0.1, -0.05) is 24.3 Å². The topological polar surface area (TPSA) is 104 Å². The Kier molecular flexibility index (Phi) is 11.1. The Morgan fingerprint density at radius 3 is 2.81 bits per heavy atom. The van der Waals surface area contributed by atoms with Crippen molar-refractivity contribution in [2.24, 2.45) is 0 Å². The number of aromatic nitrogens is 1. The molecular weight excluding hydrogens is 463 g/mol. The number of ether oxygens (including phenoxy) is 1. The van der Waals surface area contributed by atoms with Crippen molar-refractivity contribution in [2.45, 2.75) is 51.0 Å². The smallest absolute Gasteiger partial charge is 0.326 e. The second-order valence-corrected chi connectivity index (χ2v) is 9.15. The molecule has 0 fully saturated rings. The van der Waals surface area contributed by atoms with Crippen molar-refractivity contribution < 1.29 is 23.8 Å². The van der Waals surface area contributed by atoms with Crippen LogP contribution >= 0.6 is 0 Å². The van der Waals surface area contributed by atoms with Gasteiger partial charge < -0.3 is 25.4 Å². The highest BCUT2D eigenvalue weighted by Gasteiger charge is 2.21. The van der Waals surface area contributed by atoms with Crippen molar-refractivity contribution in [2.75, 3.05) is 45.2 Å². The monoisotopic (exact) mass is 500 g/mol. The van der Waals surface area contributed by atoms with Crippen LogP contribution < -0.4 is 10.6 Å². The first kappa shape index (κ1) is 27.5. The standard InChI is InChI=1S/C27H37FN4O4/c1-36-18-17-32(15-5-4-9-22-12-11-20-8-6-14-29-26(20)30-22)16-13-24(27(34)35)31-25(33)19-21-7-2-3-10-23(21)28/h2-3,7,10-12,24H,4-6,8-9,13-19H2,1H3,(H,29,30)(H,31,33)(H,34,35). The van der Waals surface area contributed by atoms with E-state index >= 15 is 0 Å². The first-order chi connectivity index (χ1) is 17.5. The summed E-state index contributed by atoms with van der Waals surface area (Å²) < 4.78 is 19.0. The second-order valence-electron chi connectivity index (χ2n) is 9.15. The molecule has 36 heavy (non-hydrogen) atoms. The zero-order valence-corrected chi connectivity index (χ0v) is 21.0. The van der Waals surface area contributed by atoms with Crippen LogP contribution in [0.25, 0.3) is 0 Å². The first-order valence-corrected chi connectivity index (χ1v) is 12.7. The lowest BCUT2D eigenvalue weighted by Crippen LogP contribution is -2.44. The van der Waals surface area contributed by atoms with Gasteiger partial charge in [0.25, 0.3) is 0 Å². The maximum atomic E-state index is 13.8. The van der Waals surface area contributed by atoms with Crippen LogP contribution in [0.1, 0.15) is 42.5 Å². The highest BCUT2D eigenvalue weighted by Crippen LogP contribution is 2.20. The number of carbonyl (C=O) groups excluding carboxylic acids is 1. The van der Waals surface area contributed by atoms with Crippen LogP contribution in [0.3, 0.4) is 0 Å². The summed E-state index contributed by atoms with van der Waals surface area (Å²) in [5, 5.41) is 15.5. The number of aliphatic carboxylic acids is 1. The molecule has 1 amide bonds. The Morgan fingerprint density at radius 1 is 1.19 bits per heavy atom. The molecule has 1 aliphatic rings. The zero-order valence-electron chi connectivity index (χ0n) is 21.0. The van der Waals surface area contributed by atoms with Crippen LogP contribution in [0, 0.1) is 5.82 Å². The number of benzene rings is 1. The number of methoxy groups -OCH3 is 1. The van der Waals surface area contributed by atoms with Crippen molar-refractivity contribution >= 4 is 17.7 Å². The maximum absolute atomic E-state index is 13.8. The summed E-state index contributed by atoms with van der Waals surface area (Å²) in [6.07, 6.45) is 5.06. The second kappa shape index (κ2) is 14.5. The minimum atomic E-state index is -1.10. The van der Waals surface area contributed by atoms with Gasteiger partial charge in [-0.15, -0.1) is 0 Å². The Bertz CT molecular complexity index is 1000. The van der Waals surface area contributed by atoms with Gasteiger partial charge in [-0.2, -0.15) is 0 Å². The molecule has 196 valence electrons. The minimum absolute atomic E-state index is 0.198. The zero-order chi connectivity index (χ0) is 25.8. The fourth-order valence-corrected chi connectivity index (χ4v) is 4.33. The number of pyridine rings is 1. The predicted octanol–water partition coefficient (Wildman–Crippen LogP) is 3.05. The van der Waals surface area contributed by atoms with Crippen molar-refractivity contribution in [1.82, 2.24) is 15.2 Å². The van der Waals surface area contributed by atoms with E-state index in [1.54, 1.807) is 19.2 Å². The van der Waals surface area contributed by atoms with Crippen molar-refractivity contribution in [3.05, 3.63) is 59.0 Å². The minimum Gasteiger partial charge on any atom is -0.480 e. The van der Waals surface area contributed by atoms with Crippen LogP contribution in [0.15, 0.2) is 36.4 Å². The lowest BCUT2D eigenvalue weighted by Gasteiger charge is -2.24. The summed E-state index contributed by atoms with van der Waals surface area (Å²) in [4.78, 5) is 31.0. The lowest BCUT2D eigenvalue weighted by molar-refractivity contribution is -0.142.